The Hall–Kier alpha value is -2.37. The van der Waals surface area contributed by atoms with Crippen LogP contribution < -0.4 is 10.2 Å². The van der Waals surface area contributed by atoms with Crippen LogP contribution in [0.15, 0.2) is 24.3 Å². The lowest BCUT2D eigenvalue weighted by Gasteiger charge is -2.36. The fraction of sp³-hybridized carbons (Fsp3) is 0.526. The molecule has 1 saturated heterocycles. The second-order valence-corrected chi connectivity index (χ2v) is 6.78. The smallest absolute Gasteiger partial charge is 0.246 e. The number of carbonyl (C=O) groups excluding carboxylic acids is 3. The van der Waals surface area contributed by atoms with Gasteiger partial charge in [-0.25, -0.2) is 0 Å². The molecule has 2 aliphatic rings. The second kappa shape index (κ2) is 7.25. The van der Waals surface area contributed by atoms with Gasteiger partial charge in [-0.05, 0) is 24.5 Å². The van der Waals surface area contributed by atoms with Gasteiger partial charge < -0.3 is 10.2 Å². The first-order valence-corrected chi connectivity index (χ1v) is 8.97. The van der Waals surface area contributed by atoms with Crippen molar-refractivity contribution in [2.75, 3.05) is 18.0 Å². The second-order valence-electron chi connectivity index (χ2n) is 6.78. The van der Waals surface area contributed by atoms with E-state index in [1.165, 1.54) is 6.92 Å². The summed E-state index contributed by atoms with van der Waals surface area (Å²) in [5, 5.41) is 2.98. The average molecular weight is 343 g/mol. The molecular formula is C19H25N3O3. The number of rotatable bonds is 3. The van der Waals surface area contributed by atoms with Gasteiger partial charge in [-0.1, -0.05) is 25.1 Å². The van der Waals surface area contributed by atoms with Gasteiger partial charge in [0.1, 0.15) is 6.04 Å². The predicted octanol–water partition coefficient (Wildman–Crippen LogP) is 1.48. The summed E-state index contributed by atoms with van der Waals surface area (Å²) in [5.74, 6) is -0.129. The Bertz CT molecular complexity index is 688. The molecule has 0 radical (unpaired) electrons. The summed E-state index contributed by atoms with van der Waals surface area (Å²) in [7, 11) is 0. The highest BCUT2D eigenvalue weighted by Gasteiger charge is 2.39. The van der Waals surface area contributed by atoms with Crippen molar-refractivity contribution >= 4 is 23.4 Å². The van der Waals surface area contributed by atoms with Crippen LogP contribution in [0, 0.1) is 0 Å². The van der Waals surface area contributed by atoms with Crippen molar-refractivity contribution < 1.29 is 14.4 Å². The Morgan fingerprint density at radius 1 is 1.24 bits per heavy atom. The normalized spacial score (nSPS) is 22.5. The Labute approximate surface area is 148 Å². The zero-order chi connectivity index (χ0) is 18.0. The molecular weight excluding hydrogens is 318 g/mol. The molecule has 3 amide bonds. The fourth-order valence-electron chi connectivity index (χ4n) is 3.81. The van der Waals surface area contributed by atoms with Crippen molar-refractivity contribution in [3.8, 4) is 0 Å². The van der Waals surface area contributed by atoms with Gasteiger partial charge in [-0.15, -0.1) is 0 Å². The third-order valence-corrected chi connectivity index (χ3v) is 5.02. The first-order valence-electron chi connectivity index (χ1n) is 8.97. The first kappa shape index (κ1) is 17.5. The Balaban J connectivity index is 1.74. The highest BCUT2D eigenvalue weighted by atomic mass is 16.2. The molecule has 0 aromatic heterocycles. The molecule has 0 spiro atoms. The Morgan fingerprint density at radius 2 is 2.00 bits per heavy atom. The van der Waals surface area contributed by atoms with E-state index in [1.807, 2.05) is 31.2 Å². The van der Waals surface area contributed by atoms with E-state index in [0.29, 0.717) is 25.9 Å². The van der Waals surface area contributed by atoms with Crippen LogP contribution in [0.5, 0.6) is 0 Å². The molecule has 6 heteroatoms. The zero-order valence-corrected chi connectivity index (χ0v) is 14.8. The SMILES string of the molecule is CCC(=O)N[C@@H]1CCCN(C(=O)[C@@H]2Cc3ccccc3N2C(C)=O)C1. The Morgan fingerprint density at radius 3 is 2.72 bits per heavy atom. The number of carbonyl (C=O) groups is 3. The maximum atomic E-state index is 13.1. The summed E-state index contributed by atoms with van der Waals surface area (Å²) in [5.41, 5.74) is 1.87. The van der Waals surface area contributed by atoms with Crippen LogP contribution in [0.3, 0.4) is 0 Å². The molecule has 0 aliphatic carbocycles. The molecule has 1 aromatic rings. The maximum Gasteiger partial charge on any atom is 0.246 e. The molecule has 134 valence electrons. The van der Waals surface area contributed by atoms with Gasteiger partial charge in [0, 0.05) is 44.6 Å². The molecule has 3 rings (SSSR count). The van der Waals surface area contributed by atoms with Crippen LogP contribution in [-0.4, -0.2) is 47.8 Å². The topological polar surface area (TPSA) is 69.7 Å². The van der Waals surface area contributed by atoms with Gasteiger partial charge in [-0.2, -0.15) is 0 Å². The number of benzene rings is 1. The molecule has 0 unspecified atom stereocenters. The number of likely N-dealkylation sites (tertiary alicyclic amines) is 1. The maximum absolute atomic E-state index is 13.1. The number of piperidine rings is 1. The van der Waals surface area contributed by atoms with Crippen molar-refractivity contribution in [1.82, 2.24) is 10.2 Å². The highest BCUT2D eigenvalue weighted by Crippen LogP contribution is 2.33. The Kier molecular flexibility index (Phi) is 5.06. The van der Waals surface area contributed by atoms with Crippen LogP contribution in [0.25, 0.3) is 0 Å². The highest BCUT2D eigenvalue weighted by molar-refractivity contribution is 6.02. The number of nitrogens with one attached hydrogen (secondary N) is 1. The molecule has 1 aromatic carbocycles. The van der Waals surface area contributed by atoms with E-state index in [9.17, 15) is 14.4 Å². The molecule has 2 atom stereocenters. The van der Waals surface area contributed by atoms with Gasteiger partial charge >= 0.3 is 0 Å². The summed E-state index contributed by atoms with van der Waals surface area (Å²) in [6.07, 6.45) is 2.74. The minimum Gasteiger partial charge on any atom is -0.352 e. The lowest BCUT2D eigenvalue weighted by atomic mass is 10.0. The summed E-state index contributed by atoms with van der Waals surface area (Å²) < 4.78 is 0. The van der Waals surface area contributed by atoms with Gasteiger partial charge in [0.25, 0.3) is 0 Å². The lowest BCUT2D eigenvalue weighted by molar-refractivity contribution is -0.136. The van der Waals surface area contributed by atoms with E-state index in [4.69, 9.17) is 0 Å². The summed E-state index contributed by atoms with van der Waals surface area (Å²) in [6.45, 7) is 4.52. The summed E-state index contributed by atoms with van der Waals surface area (Å²) in [6, 6.07) is 7.21. The number of hydrogen-bond donors (Lipinski definition) is 1. The number of amides is 3. The van der Waals surface area contributed by atoms with Crippen molar-refractivity contribution in [2.45, 2.75) is 51.6 Å². The zero-order valence-electron chi connectivity index (χ0n) is 14.8. The van der Waals surface area contributed by atoms with Crippen LogP contribution in [-0.2, 0) is 20.8 Å². The van der Waals surface area contributed by atoms with Crippen LogP contribution >= 0.6 is 0 Å². The minimum atomic E-state index is -0.476. The van der Waals surface area contributed by atoms with Crippen molar-refractivity contribution in [2.24, 2.45) is 0 Å². The number of fused-ring (bicyclic) bond motifs is 1. The lowest BCUT2D eigenvalue weighted by Crippen LogP contribution is -2.55. The van der Waals surface area contributed by atoms with Gasteiger partial charge in [0.15, 0.2) is 0 Å². The molecule has 2 heterocycles. The van der Waals surface area contributed by atoms with E-state index < -0.39 is 6.04 Å². The van der Waals surface area contributed by atoms with Crippen molar-refractivity contribution in [3.05, 3.63) is 29.8 Å². The fourth-order valence-corrected chi connectivity index (χ4v) is 3.81. The van der Waals surface area contributed by atoms with E-state index in [2.05, 4.69) is 5.32 Å². The van der Waals surface area contributed by atoms with Gasteiger partial charge in [0.2, 0.25) is 17.7 Å². The van der Waals surface area contributed by atoms with Gasteiger partial charge in [0.05, 0.1) is 0 Å². The van der Waals surface area contributed by atoms with Crippen LogP contribution in [0.4, 0.5) is 5.69 Å². The molecule has 2 aliphatic heterocycles. The van der Waals surface area contributed by atoms with E-state index in [1.54, 1.807) is 9.80 Å². The van der Waals surface area contributed by atoms with Crippen LogP contribution in [0.1, 0.15) is 38.7 Å². The third-order valence-electron chi connectivity index (χ3n) is 5.02. The monoisotopic (exact) mass is 343 g/mol. The average Bonchev–Trinajstić information content (AvgIpc) is 3.00. The number of hydrogen-bond acceptors (Lipinski definition) is 3. The number of nitrogens with zero attached hydrogens (tertiary/aromatic N) is 2. The van der Waals surface area contributed by atoms with E-state index in [0.717, 1.165) is 24.1 Å². The quantitative estimate of drug-likeness (QED) is 0.904. The molecule has 25 heavy (non-hydrogen) atoms. The number of anilines is 1. The molecule has 6 nitrogen and oxygen atoms in total. The molecule has 1 fully saturated rings. The standard InChI is InChI=1S/C19H25N3O3/c1-3-18(24)20-15-8-6-10-21(12-15)19(25)17-11-14-7-4-5-9-16(14)22(17)13(2)23/h4-5,7,9,15,17H,3,6,8,10-12H2,1-2H3,(H,20,24)/t15-,17+/m1/s1. The minimum absolute atomic E-state index is 0.000272. The van der Waals surface area contributed by atoms with E-state index >= 15 is 0 Å². The first-order chi connectivity index (χ1) is 12.0. The van der Waals surface area contributed by atoms with Gasteiger partial charge in [-0.3, -0.25) is 19.3 Å². The summed E-state index contributed by atoms with van der Waals surface area (Å²) in [4.78, 5) is 40.3. The van der Waals surface area contributed by atoms with E-state index in [-0.39, 0.29) is 23.8 Å². The van der Waals surface area contributed by atoms with Crippen LogP contribution in [0.2, 0.25) is 0 Å². The van der Waals surface area contributed by atoms with Crippen molar-refractivity contribution in [1.29, 1.82) is 0 Å². The third kappa shape index (κ3) is 3.52. The predicted molar refractivity (Wildman–Crippen MR) is 95.1 cm³/mol. The molecule has 0 saturated carbocycles. The molecule has 0 bridgehead atoms. The largest absolute Gasteiger partial charge is 0.352 e. The number of para-hydroxylation sites is 1. The summed E-state index contributed by atoms with van der Waals surface area (Å²) >= 11 is 0. The molecule has 1 N–H and O–H groups in total. The van der Waals surface area contributed by atoms with Crippen molar-refractivity contribution in [3.63, 3.8) is 0 Å².